The maximum Gasteiger partial charge on any atom is 0.321 e. The van der Waals surface area contributed by atoms with E-state index in [-0.39, 0.29) is 12.5 Å². The molecule has 0 bridgehead atoms. The molecule has 1 aliphatic heterocycles. The lowest BCUT2D eigenvalue weighted by atomic mass is 9.89. The van der Waals surface area contributed by atoms with Gasteiger partial charge in [0.2, 0.25) is 11.9 Å². The fourth-order valence-electron chi connectivity index (χ4n) is 4.76. The number of esters is 1. The van der Waals surface area contributed by atoms with E-state index in [2.05, 4.69) is 18.8 Å². The first kappa shape index (κ1) is 21.2. The van der Waals surface area contributed by atoms with E-state index in [0.29, 0.717) is 18.4 Å². The molecule has 2 atom stereocenters. The van der Waals surface area contributed by atoms with Crippen LogP contribution in [0.2, 0.25) is 0 Å². The number of H-pyrrole nitrogens is 1. The lowest BCUT2D eigenvalue weighted by molar-refractivity contribution is -0.153. The summed E-state index contributed by atoms with van der Waals surface area (Å²) in [6, 6.07) is 15.2. The van der Waals surface area contributed by atoms with Crippen LogP contribution in [-0.2, 0) is 14.3 Å². The van der Waals surface area contributed by atoms with E-state index in [9.17, 15) is 9.59 Å². The Kier molecular flexibility index (Phi) is 5.40. The number of rotatable bonds is 6. The second kappa shape index (κ2) is 8.39. The molecule has 5 rings (SSSR count). The van der Waals surface area contributed by atoms with E-state index in [4.69, 9.17) is 9.72 Å². The van der Waals surface area contributed by atoms with Crippen LogP contribution in [0.25, 0.3) is 21.9 Å². The highest BCUT2D eigenvalue weighted by atomic mass is 16.5. The normalized spacial score (nSPS) is 18.3. The Bertz CT molecular complexity index is 1340. The van der Waals surface area contributed by atoms with Crippen LogP contribution in [0.1, 0.15) is 38.8 Å². The van der Waals surface area contributed by atoms with Crippen LogP contribution in [0.4, 0.5) is 5.95 Å². The second-order valence-corrected chi connectivity index (χ2v) is 8.91. The minimum absolute atomic E-state index is 0.215. The van der Waals surface area contributed by atoms with Crippen LogP contribution in [0, 0.1) is 11.8 Å². The van der Waals surface area contributed by atoms with Crippen LogP contribution < -0.4 is 4.90 Å². The molecule has 0 spiro atoms. The molecule has 3 heterocycles. The molecule has 2 aromatic carbocycles. The maximum absolute atomic E-state index is 13.9. The first-order chi connectivity index (χ1) is 16.0. The van der Waals surface area contributed by atoms with Crippen molar-refractivity contribution in [2.75, 3.05) is 18.1 Å². The van der Waals surface area contributed by atoms with Gasteiger partial charge < -0.3 is 14.3 Å². The highest BCUT2D eigenvalue weighted by molar-refractivity contribution is 6.09. The molecule has 1 amide bonds. The summed E-state index contributed by atoms with van der Waals surface area (Å²) in [4.78, 5) is 37.0. The molecule has 2 unspecified atom stereocenters. The van der Waals surface area contributed by atoms with Crippen LogP contribution in [-0.4, -0.2) is 39.6 Å². The molecule has 7 heteroatoms. The maximum atomic E-state index is 13.9. The van der Waals surface area contributed by atoms with Gasteiger partial charge in [-0.2, -0.15) is 0 Å². The zero-order valence-electron chi connectivity index (χ0n) is 19.1. The van der Waals surface area contributed by atoms with Crippen LogP contribution in [0.3, 0.4) is 0 Å². The molecule has 0 saturated carbocycles. The number of ether oxygens (including phenoxy) is 1. The SMILES string of the molecule is CCOC(=O)C1C(=O)N(CCC(C)C)c2nc3ccccc3n2C1c1c[nH]c2ccccc12. The fourth-order valence-corrected chi connectivity index (χ4v) is 4.76. The number of carbonyl (C=O) groups excluding carboxylic acids is 2. The Balaban J connectivity index is 1.78. The number of aromatic amines is 1. The summed E-state index contributed by atoms with van der Waals surface area (Å²) in [5, 5.41) is 0.976. The van der Waals surface area contributed by atoms with E-state index in [1.165, 1.54) is 0 Å². The van der Waals surface area contributed by atoms with Crippen LogP contribution in [0.15, 0.2) is 54.7 Å². The average Bonchev–Trinajstić information content (AvgIpc) is 3.39. The molecule has 0 saturated heterocycles. The Labute approximate surface area is 192 Å². The standard InChI is InChI=1S/C26H28N4O3/c1-4-33-25(32)22-23(18-15-27-19-10-6-5-9-17(18)19)30-21-12-8-7-11-20(21)28-26(30)29(24(22)31)14-13-16(2)3/h5-12,15-16,22-23,27H,4,13-14H2,1-3H3. The number of imidazole rings is 1. The van der Waals surface area contributed by atoms with Gasteiger partial charge in [0.1, 0.15) is 0 Å². The molecule has 0 aliphatic carbocycles. The molecule has 170 valence electrons. The summed E-state index contributed by atoms with van der Waals surface area (Å²) >= 11 is 0. The molecular formula is C26H28N4O3. The average molecular weight is 445 g/mol. The third-order valence-corrected chi connectivity index (χ3v) is 6.36. The first-order valence-electron chi connectivity index (χ1n) is 11.5. The zero-order chi connectivity index (χ0) is 23.1. The predicted octanol–water partition coefficient (Wildman–Crippen LogP) is 4.68. The summed E-state index contributed by atoms with van der Waals surface area (Å²) in [5.74, 6) is -0.773. The Morgan fingerprint density at radius 3 is 2.70 bits per heavy atom. The minimum Gasteiger partial charge on any atom is -0.465 e. The van der Waals surface area contributed by atoms with E-state index in [1.807, 2.05) is 59.3 Å². The number of nitrogens with zero attached hydrogens (tertiary/aromatic N) is 3. The topological polar surface area (TPSA) is 80.2 Å². The molecule has 0 fully saturated rings. The van der Waals surface area contributed by atoms with Crippen molar-refractivity contribution >= 4 is 39.8 Å². The van der Waals surface area contributed by atoms with Gasteiger partial charge in [-0.25, -0.2) is 4.98 Å². The van der Waals surface area contributed by atoms with E-state index in [0.717, 1.165) is 33.9 Å². The molecule has 4 aromatic rings. The molecule has 33 heavy (non-hydrogen) atoms. The van der Waals surface area contributed by atoms with Crippen LogP contribution in [0.5, 0.6) is 0 Å². The van der Waals surface area contributed by atoms with Gasteiger partial charge in [0.25, 0.3) is 0 Å². The van der Waals surface area contributed by atoms with Crippen molar-refractivity contribution < 1.29 is 14.3 Å². The number of benzene rings is 2. The van der Waals surface area contributed by atoms with Gasteiger partial charge in [0.15, 0.2) is 5.92 Å². The number of amides is 1. The number of hydrogen-bond acceptors (Lipinski definition) is 4. The second-order valence-electron chi connectivity index (χ2n) is 8.91. The molecule has 0 radical (unpaired) electrons. The molecular weight excluding hydrogens is 416 g/mol. The van der Waals surface area contributed by atoms with Crippen molar-refractivity contribution in [2.24, 2.45) is 11.8 Å². The van der Waals surface area contributed by atoms with Gasteiger partial charge in [-0.3, -0.25) is 14.5 Å². The van der Waals surface area contributed by atoms with E-state index >= 15 is 0 Å². The van der Waals surface area contributed by atoms with Crippen molar-refractivity contribution in [2.45, 2.75) is 33.2 Å². The number of anilines is 1. The third kappa shape index (κ3) is 3.48. The lowest BCUT2D eigenvalue weighted by Crippen LogP contribution is -2.50. The smallest absolute Gasteiger partial charge is 0.321 e. The number of carbonyl (C=O) groups is 2. The Morgan fingerprint density at radius 1 is 1.15 bits per heavy atom. The van der Waals surface area contributed by atoms with Crippen molar-refractivity contribution in [1.29, 1.82) is 0 Å². The van der Waals surface area contributed by atoms with E-state index in [1.54, 1.807) is 11.8 Å². The highest BCUT2D eigenvalue weighted by Crippen LogP contribution is 2.43. The number of aromatic nitrogens is 3. The fraction of sp³-hybridized carbons (Fsp3) is 0.346. The monoisotopic (exact) mass is 444 g/mol. The number of nitrogens with one attached hydrogen (secondary N) is 1. The van der Waals surface area contributed by atoms with Crippen molar-refractivity contribution in [3.63, 3.8) is 0 Å². The number of hydrogen-bond donors (Lipinski definition) is 1. The predicted molar refractivity (Wildman–Crippen MR) is 128 cm³/mol. The summed E-state index contributed by atoms with van der Waals surface area (Å²) in [5.41, 5.74) is 3.52. The number of para-hydroxylation sites is 3. The summed E-state index contributed by atoms with van der Waals surface area (Å²) in [6.45, 7) is 6.72. The summed E-state index contributed by atoms with van der Waals surface area (Å²) in [6.07, 6.45) is 2.71. The van der Waals surface area contributed by atoms with Gasteiger partial charge >= 0.3 is 5.97 Å². The Hall–Kier alpha value is -3.61. The zero-order valence-corrected chi connectivity index (χ0v) is 19.1. The Morgan fingerprint density at radius 2 is 1.91 bits per heavy atom. The molecule has 1 aliphatic rings. The molecule has 7 nitrogen and oxygen atoms in total. The lowest BCUT2D eigenvalue weighted by Gasteiger charge is -2.38. The largest absolute Gasteiger partial charge is 0.465 e. The van der Waals surface area contributed by atoms with Gasteiger partial charge in [0, 0.05) is 29.2 Å². The van der Waals surface area contributed by atoms with E-state index < -0.39 is 17.9 Å². The van der Waals surface area contributed by atoms with Crippen LogP contribution >= 0.6 is 0 Å². The van der Waals surface area contributed by atoms with Gasteiger partial charge in [-0.15, -0.1) is 0 Å². The summed E-state index contributed by atoms with van der Waals surface area (Å²) in [7, 11) is 0. The molecule has 2 aromatic heterocycles. The quantitative estimate of drug-likeness (QED) is 0.346. The molecule has 1 N–H and O–H groups in total. The summed E-state index contributed by atoms with van der Waals surface area (Å²) < 4.78 is 7.49. The van der Waals surface area contributed by atoms with Gasteiger partial charge in [0.05, 0.1) is 23.7 Å². The minimum atomic E-state index is -0.999. The highest BCUT2D eigenvalue weighted by Gasteiger charge is 2.48. The van der Waals surface area contributed by atoms with Crippen molar-refractivity contribution in [3.8, 4) is 0 Å². The van der Waals surface area contributed by atoms with Crippen molar-refractivity contribution in [1.82, 2.24) is 14.5 Å². The number of fused-ring (bicyclic) bond motifs is 4. The first-order valence-corrected chi connectivity index (χ1v) is 11.5. The third-order valence-electron chi connectivity index (χ3n) is 6.36. The van der Waals surface area contributed by atoms with Crippen molar-refractivity contribution in [3.05, 3.63) is 60.3 Å². The van der Waals surface area contributed by atoms with Gasteiger partial charge in [-0.05, 0) is 37.5 Å². The van der Waals surface area contributed by atoms with Gasteiger partial charge in [-0.1, -0.05) is 44.2 Å².